The Morgan fingerprint density at radius 2 is 2.18 bits per heavy atom. The van der Waals surface area contributed by atoms with Crippen LogP contribution < -0.4 is 0 Å². The lowest BCUT2D eigenvalue weighted by molar-refractivity contribution is -0.136. The zero-order valence-electron chi connectivity index (χ0n) is 7.63. The van der Waals surface area contributed by atoms with Crippen LogP contribution in [0, 0.1) is 5.92 Å². The van der Waals surface area contributed by atoms with E-state index in [2.05, 4.69) is 20.8 Å². The van der Waals surface area contributed by atoms with Crippen molar-refractivity contribution in [2.45, 2.75) is 39.7 Å². The van der Waals surface area contributed by atoms with E-state index in [-0.39, 0.29) is 0 Å². The van der Waals surface area contributed by atoms with E-state index < -0.39 is 0 Å². The van der Waals surface area contributed by atoms with E-state index in [0.717, 1.165) is 13.0 Å². The largest absolute Gasteiger partial charge is 0.340 e. The Labute approximate surface area is 68.6 Å². The molecule has 1 heterocycles. The monoisotopic (exact) mass is 155 g/mol. The number of rotatable bonds is 1. The molecule has 1 amide bonds. The van der Waals surface area contributed by atoms with Crippen molar-refractivity contribution in [3.63, 3.8) is 0 Å². The molecular formula is C9H17NO. The van der Waals surface area contributed by atoms with Crippen molar-refractivity contribution in [2.75, 3.05) is 6.54 Å². The predicted molar refractivity (Wildman–Crippen MR) is 45.2 cm³/mol. The van der Waals surface area contributed by atoms with Crippen molar-refractivity contribution < 1.29 is 4.79 Å². The van der Waals surface area contributed by atoms with Gasteiger partial charge < -0.3 is 4.90 Å². The summed E-state index contributed by atoms with van der Waals surface area (Å²) in [5.41, 5.74) is 0. The van der Waals surface area contributed by atoms with Crippen LogP contribution in [0.1, 0.15) is 33.6 Å². The van der Waals surface area contributed by atoms with Crippen LogP contribution in [0.3, 0.4) is 0 Å². The average Bonchev–Trinajstić information content (AvgIpc) is 1.85. The first-order chi connectivity index (χ1) is 5.11. The van der Waals surface area contributed by atoms with Gasteiger partial charge in [0.05, 0.1) is 0 Å². The standard InChI is InChI=1S/C9H17NO/c1-7(2)10-5-4-8(3)6-9(10)11/h7-8H,4-6H2,1-3H3. The molecule has 1 rings (SSSR count). The third-order valence-electron chi connectivity index (χ3n) is 2.33. The summed E-state index contributed by atoms with van der Waals surface area (Å²) in [6.07, 6.45) is 1.92. The predicted octanol–water partition coefficient (Wildman–Crippen LogP) is 1.65. The Bertz CT molecular complexity index is 154. The van der Waals surface area contributed by atoms with Crippen molar-refractivity contribution in [1.82, 2.24) is 4.90 Å². The van der Waals surface area contributed by atoms with Crippen LogP contribution in [0.2, 0.25) is 0 Å². The average molecular weight is 155 g/mol. The van der Waals surface area contributed by atoms with Gasteiger partial charge in [0.2, 0.25) is 5.91 Å². The van der Waals surface area contributed by atoms with E-state index in [0.29, 0.717) is 17.9 Å². The van der Waals surface area contributed by atoms with Crippen LogP contribution in [-0.2, 0) is 4.79 Å². The molecule has 1 aliphatic rings. The lowest BCUT2D eigenvalue weighted by Crippen LogP contribution is -2.42. The number of carbonyl (C=O) groups is 1. The number of amides is 1. The normalized spacial score (nSPS) is 26.4. The molecule has 1 fully saturated rings. The fourth-order valence-electron chi connectivity index (χ4n) is 1.55. The van der Waals surface area contributed by atoms with E-state index in [4.69, 9.17) is 0 Å². The molecule has 0 aromatic carbocycles. The molecule has 0 N–H and O–H groups in total. The minimum absolute atomic E-state index is 0.332. The van der Waals surface area contributed by atoms with Gasteiger partial charge in [0, 0.05) is 19.0 Å². The van der Waals surface area contributed by atoms with Gasteiger partial charge in [-0.1, -0.05) is 6.92 Å². The molecule has 0 bridgehead atoms. The number of likely N-dealkylation sites (tertiary alicyclic amines) is 1. The van der Waals surface area contributed by atoms with Crippen molar-refractivity contribution in [2.24, 2.45) is 5.92 Å². The van der Waals surface area contributed by atoms with Crippen LogP contribution in [0.15, 0.2) is 0 Å². The van der Waals surface area contributed by atoms with E-state index in [9.17, 15) is 4.79 Å². The maximum Gasteiger partial charge on any atom is 0.223 e. The van der Waals surface area contributed by atoms with Crippen molar-refractivity contribution >= 4 is 5.91 Å². The molecule has 0 radical (unpaired) electrons. The third kappa shape index (κ3) is 1.95. The molecule has 1 unspecified atom stereocenters. The first-order valence-electron chi connectivity index (χ1n) is 4.40. The molecule has 2 heteroatoms. The molecule has 0 aromatic rings. The van der Waals surface area contributed by atoms with Gasteiger partial charge in [-0.3, -0.25) is 4.79 Å². The number of hydrogen-bond acceptors (Lipinski definition) is 1. The first-order valence-corrected chi connectivity index (χ1v) is 4.40. The highest BCUT2D eigenvalue weighted by atomic mass is 16.2. The molecule has 11 heavy (non-hydrogen) atoms. The lowest BCUT2D eigenvalue weighted by atomic mass is 9.98. The van der Waals surface area contributed by atoms with E-state index >= 15 is 0 Å². The summed E-state index contributed by atoms with van der Waals surface area (Å²) in [4.78, 5) is 13.3. The molecule has 1 saturated heterocycles. The number of nitrogens with zero attached hydrogens (tertiary/aromatic N) is 1. The quantitative estimate of drug-likeness (QED) is 0.564. The van der Waals surface area contributed by atoms with Crippen molar-refractivity contribution in [1.29, 1.82) is 0 Å². The summed E-state index contributed by atoms with van der Waals surface area (Å²) in [6.45, 7) is 7.26. The SMILES string of the molecule is CC1CCN(C(C)C)C(=O)C1. The van der Waals surface area contributed by atoms with E-state index in [1.54, 1.807) is 0 Å². The van der Waals surface area contributed by atoms with Crippen LogP contribution in [0.25, 0.3) is 0 Å². The smallest absolute Gasteiger partial charge is 0.223 e. The van der Waals surface area contributed by atoms with Gasteiger partial charge in [-0.25, -0.2) is 0 Å². The second-order valence-corrected chi connectivity index (χ2v) is 3.78. The molecule has 0 spiro atoms. The summed E-state index contributed by atoms with van der Waals surface area (Å²) in [5.74, 6) is 0.927. The lowest BCUT2D eigenvalue weighted by Gasteiger charge is -2.33. The second-order valence-electron chi connectivity index (χ2n) is 3.78. The minimum atomic E-state index is 0.332. The second kappa shape index (κ2) is 3.24. The zero-order valence-corrected chi connectivity index (χ0v) is 7.63. The van der Waals surface area contributed by atoms with Crippen molar-refractivity contribution in [3.8, 4) is 0 Å². The van der Waals surface area contributed by atoms with Gasteiger partial charge in [-0.2, -0.15) is 0 Å². The zero-order chi connectivity index (χ0) is 8.43. The summed E-state index contributed by atoms with van der Waals surface area (Å²) in [6, 6.07) is 0.384. The molecule has 64 valence electrons. The highest BCUT2D eigenvalue weighted by Crippen LogP contribution is 2.18. The number of piperidine rings is 1. The highest BCUT2D eigenvalue weighted by Gasteiger charge is 2.24. The number of hydrogen-bond donors (Lipinski definition) is 0. The molecule has 2 nitrogen and oxygen atoms in total. The van der Waals surface area contributed by atoms with E-state index in [1.165, 1.54) is 6.42 Å². The van der Waals surface area contributed by atoms with Gasteiger partial charge in [-0.05, 0) is 26.2 Å². The fourth-order valence-corrected chi connectivity index (χ4v) is 1.55. The molecule has 0 aromatic heterocycles. The van der Waals surface area contributed by atoms with Gasteiger partial charge in [0.15, 0.2) is 0 Å². The summed E-state index contributed by atoms with van der Waals surface area (Å²) in [5, 5.41) is 0. The fraction of sp³-hybridized carbons (Fsp3) is 0.889. The summed E-state index contributed by atoms with van der Waals surface area (Å²) in [7, 11) is 0. The topological polar surface area (TPSA) is 20.3 Å². The third-order valence-corrected chi connectivity index (χ3v) is 2.33. The summed E-state index contributed by atoms with van der Waals surface area (Å²) < 4.78 is 0. The van der Waals surface area contributed by atoms with Crippen molar-refractivity contribution in [3.05, 3.63) is 0 Å². The number of carbonyl (C=O) groups excluding carboxylic acids is 1. The molecular weight excluding hydrogens is 138 g/mol. The van der Waals surface area contributed by atoms with Crippen LogP contribution in [0.4, 0.5) is 0 Å². The molecule has 1 aliphatic heterocycles. The van der Waals surface area contributed by atoms with Gasteiger partial charge >= 0.3 is 0 Å². The Kier molecular flexibility index (Phi) is 2.53. The molecule has 0 saturated carbocycles. The Morgan fingerprint density at radius 1 is 1.55 bits per heavy atom. The Hall–Kier alpha value is -0.530. The Balaban J connectivity index is 2.51. The molecule has 0 aliphatic carbocycles. The Morgan fingerprint density at radius 3 is 2.64 bits per heavy atom. The van der Waals surface area contributed by atoms with Crippen LogP contribution in [-0.4, -0.2) is 23.4 Å². The maximum atomic E-state index is 11.4. The maximum absolute atomic E-state index is 11.4. The molecule has 1 atom stereocenters. The minimum Gasteiger partial charge on any atom is -0.340 e. The van der Waals surface area contributed by atoms with Crippen LogP contribution in [0.5, 0.6) is 0 Å². The summed E-state index contributed by atoms with van der Waals surface area (Å²) >= 11 is 0. The van der Waals surface area contributed by atoms with Gasteiger partial charge in [0.25, 0.3) is 0 Å². The van der Waals surface area contributed by atoms with Gasteiger partial charge in [-0.15, -0.1) is 0 Å². The van der Waals surface area contributed by atoms with Gasteiger partial charge in [0.1, 0.15) is 0 Å². The first kappa shape index (κ1) is 8.57. The highest BCUT2D eigenvalue weighted by molar-refractivity contribution is 5.77. The van der Waals surface area contributed by atoms with E-state index in [1.807, 2.05) is 4.90 Å². The van der Waals surface area contributed by atoms with Crippen LogP contribution >= 0.6 is 0 Å².